The molecule has 3 nitrogen and oxygen atoms in total. The first-order valence-corrected chi connectivity index (χ1v) is 9.05. The summed E-state index contributed by atoms with van der Waals surface area (Å²) in [7, 11) is 4.44. The van der Waals surface area contributed by atoms with E-state index < -0.39 is 0 Å². The number of likely N-dealkylation sites (N-methyl/N-ethyl adjacent to an activating group) is 1. The lowest BCUT2D eigenvalue weighted by Gasteiger charge is -2.44. The minimum absolute atomic E-state index is 0.530. The van der Waals surface area contributed by atoms with Crippen molar-refractivity contribution in [2.75, 3.05) is 40.3 Å². The van der Waals surface area contributed by atoms with Gasteiger partial charge in [0, 0.05) is 25.2 Å². The van der Waals surface area contributed by atoms with Gasteiger partial charge in [0.2, 0.25) is 0 Å². The smallest absolute Gasteiger partial charge is 0.0220 e. The quantitative estimate of drug-likeness (QED) is 0.860. The minimum Gasteiger partial charge on any atom is -0.317 e. The van der Waals surface area contributed by atoms with E-state index in [1.54, 1.807) is 0 Å². The Labute approximate surface area is 132 Å². The third-order valence-electron chi connectivity index (χ3n) is 5.85. The van der Waals surface area contributed by atoms with Crippen molar-refractivity contribution in [3.05, 3.63) is 0 Å². The van der Waals surface area contributed by atoms with Crippen LogP contribution in [0.1, 0.15) is 52.9 Å². The third-order valence-corrected chi connectivity index (χ3v) is 5.85. The predicted octanol–water partition coefficient (Wildman–Crippen LogP) is 2.82. The first-order valence-electron chi connectivity index (χ1n) is 9.05. The maximum atomic E-state index is 3.60. The highest BCUT2D eigenvalue weighted by molar-refractivity contribution is 4.91. The molecule has 0 aromatic heterocycles. The molecule has 1 N–H and O–H groups in total. The largest absolute Gasteiger partial charge is 0.317 e. The van der Waals surface area contributed by atoms with Gasteiger partial charge in [0.15, 0.2) is 0 Å². The lowest BCUT2D eigenvalue weighted by atomic mass is 9.69. The van der Waals surface area contributed by atoms with Gasteiger partial charge in [-0.25, -0.2) is 0 Å². The zero-order valence-electron chi connectivity index (χ0n) is 15.0. The van der Waals surface area contributed by atoms with Crippen LogP contribution < -0.4 is 5.32 Å². The molecule has 0 radical (unpaired) electrons. The van der Waals surface area contributed by atoms with Crippen LogP contribution in [0.15, 0.2) is 0 Å². The van der Waals surface area contributed by atoms with Crippen molar-refractivity contribution in [1.82, 2.24) is 15.1 Å². The second-order valence-corrected chi connectivity index (χ2v) is 8.24. The Morgan fingerprint density at radius 3 is 2.67 bits per heavy atom. The topological polar surface area (TPSA) is 18.5 Å². The molecule has 1 saturated heterocycles. The molecular weight excluding hydrogens is 258 g/mol. The van der Waals surface area contributed by atoms with Crippen molar-refractivity contribution < 1.29 is 0 Å². The number of rotatable bonds is 4. The van der Waals surface area contributed by atoms with Crippen LogP contribution in [-0.4, -0.2) is 62.2 Å². The molecule has 1 aliphatic heterocycles. The van der Waals surface area contributed by atoms with E-state index in [-0.39, 0.29) is 0 Å². The first-order chi connectivity index (χ1) is 9.95. The zero-order valence-corrected chi connectivity index (χ0v) is 15.0. The molecule has 2 fully saturated rings. The van der Waals surface area contributed by atoms with Gasteiger partial charge in [0.05, 0.1) is 0 Å². The summed E-state index contributed by atoms with van der Waals surface area (Å²) in [5.41, 5.74) is 0.530. The molecule has 0 spiro atoms. The Bertz CT molecular complexity index is 316. The van der Waals surface area contributed by atoms with E-state index in [0.717, 1.165) is 18.0 Å². The van der Waals surface area contributed by atoms with Crippen molar-refractivity contribution in [2.24, 2.45) is 11.3 Å². The Kier molecular flexibility index (Phi) is 6.10. The minimum atomic E-state index is 0.530. The number of nitrogens with zero attached hydrogens (tertiary/aromatic N) is 2. The molecule has 0 bridgehead atoms. The molecule has 1 aliphatic carbocycles. The molecule has 0 amide bonds. The van der Waals surface area contributed by atoms with Crippen molar-refractivity contribution in [3.63, 3.8) is 0 Å². The van der Waals surface area contributed by atoms with Crippen molar-refractivity contribution in [1.29, 1.82) is 0 Å². The molecule has 3 atom stereocenters. The van der Waals surface area contributed by atoms with Crippen LogP contribution in [0.5, 0.6) is 0 Å². The van der Waals surface area contributed by atoms with Crippen LogP contribution in [-0.2, 0) is 0 Å². The Morgan fingerprint density at radius 1 is 1.24 bits per heavy atom. The summed E-state index contributed by atoms with van der Waals surface area (Å²) in [5.74, 6) is 0.816. The number of hydrogen-bond acceptors (Lipinski definition) is 3. The van der Waals surface area contributed by atoms with Gasteiger partial charge in [-0.3, -0.25) is 4.90 Å². The molecule has 3 heteroatoms. The van der Waals surface area contributed by atoms with E-state index in [9.17, 15) is 0 Å². The average Bonchev–Trinajstić information content (AvgIpc) is 2.60. The Balaban J connectivity index is 2.02. The second-order valence-electron chi connectivity index (χ2n) is 8.24. The highest BCUT2D eigenvalue weighted by Crippen LogP contribution is 2.39. The number of nitrogens with one attached hydrogen (secondary N) is 1. The molecule has 2 rings (SSSR count). The maximum Gasteiger partial charge on any atom is 0.0220 e. The molecule has 2 aliphatic rings. The summed E-state index contributed by atoms with van der Waals surface area (Å²) in [4.78, 5) is 5.33. The fourth-order valence-electron chi connectivity index (χ4n) is 4.53. The van der Waals surface area contributed by atoms with Gasteiger partial charge in [0.1, 0.15) is 0 Å². The Morgan fingerprint density at radius 2 is 2.00 bits per heavy atom. The molecule has 21 heavy (non-hydrogen) atoms. The molecule has 3 unspecified atom stereocenters. The molecule has 1 heterocycles. The summed E-state index contributed by atoms with van der Waals surface area (Å²) < 4.78 is 0. The summed E-state index contributed by atoms with van der Waals surface area (Å²) in [6.07, 6.45) is 6.70. The highest BCUT2D eigenvalue weighted by Gasteiger charge is 2.36. The first kappa shape index (κ1) is 17.2. The van der Waals surface area contributed by atoms with Crippen molar-refractivity contribution >= 4 is 0 Å². The van der Waals surface area contributed by atoms with E-state index in [2.05, 4.69) is 50.0 Å². The van der Waals surface area contributed by atoms with Gasteiger partial charge in [-0.2, -0.15) is 0 Å². The van der Waals surface area contributed by atoms with Crippen LogP contribution in [0.4, 0.5) is 0 Å². The van der Waals surface area contributed by atoms with E-state index in [1.165, 1.54) is 58.3 Å². The summed E-state index contributed by atoms with van der Waals surface area (Å²) in [6.45, 7) is 12.4. The van der Waals surface area contributed by atoms with Gasteiger partial charge in [-0.15, -0.1) is 0 Å². The maximum absolute atomic E-state index is 3.60. The SMILES string of the molecule is CCC1CN(C)CCCN1CC1CC(C)(C)CCC1NC. The monoisotopic (exact) mass is 295 g/mol. The van der Waals surface area contributed by atoms with E-state index >= 15 is 0 Å². The second kappa shape index (κ2) is 7.43. The number of hydrogen-bond donors (Lipinski definition) is 1. The highest BCUT2D eigenvalue weighted by atomic mass is 15.2. The normalized spacial score (nSPS) is 35.6. The van der Waals surface area contributed by atoms with E-state index in [4.69, 9.17) is 0 Å². The van der Waals surface area contributed by atoms with E-state index in [1.807, 2.05) is 0 Å². The van der Waals surface area contributed by atoms with Gasteiger partial charge in [0.25, 0.3) is 0 Å². The lowest BCUT2D eigenvalue weighted by molar-refractivity contribution is 0.0824. The van der Waals surface area contributed by atoms with Gasteiger partial charge in [-0.1, -0.05) is 20.8 Å². The van der Waals surface area contributed by atoms with Crippen LogP contribution in [0.25, 0.3) is 0 Å². The summed E-state index contributed by atoms with van der Waals surface area (Å²) >= 11 is 0. The van der Waals surface area contributed by atoms with Crippen LogP contribution in [0.2, 0.25) is 0 Å². The molecule has 0 aromatic rings. The molecule has 124 valence electrons. The van der Waals surface area contributed by atoms with Crippen LogP contribution in [0.3, 0.4) is 0 Å². The standard InChI is InChI=1S/C18H37N3/c1-6-16-14-20(5)10-7-11-21(16)13-15-12-18(2,3)9-8-17(15)19-4/h15-17,19H,6-14H2,1-5H3. The van der Waals surface area contributed by atoms with Gasteiger partial charge < -0.3 is 10.2 Å². The summed E-state index contributed by atoms with van der Waals surface area (Å²) in [5, 5.41) is 3.60. The van der Waals surface area contributed by atoms with E-state index in [0.29, 0.717) is 5.41 Å². The van der Waals surface area contributed by atoms with Crippen LogP contribution >= 0.6 is 0 Å². The predicted molar refractivity (Wildman–Crippen MR) is 91.7 cm³/mol. The Hall–Kier alpha value is -0.120. The van der Waals surface area contributed by atoms with Crippen LogP contribution in [0, 0.1) is 11.3 Å². The third kappa shape index (κ3) is 4.67. The molecule has 0 aromatic carbocycles. The molecular formula is C18H37N3. The van der Waals surface area contributed by atoms with Crippen molar-refractivity contribution in [2.45, 2.75) is 65.0 Å². The van der Waals surface area contributed by atoms with Gasteiger partial charge in [-0.05, 0) is 70.6 Å². The zero-order chi connectivity index (χ0) is 15.5. The fraction of sp³-hybridized carbons (Fsp3) is 1.00. The molecule has 1 saturated carbocycles. The van der Waals surface area contributed by atoms with Gasteiger partial charge >= 0.3 is 0 Å². The summed E-state index contributed by atoms with van der Waals surface area (Å²) in [6, 6.07) is 1.47. The fourth-order valence-corrected chi connectivity index (χ4v) is 4.53. The van der Waals surface area contributed by atoms with Crippen molar-refractivity contribution in [3.8, 4) is 0 Å². The lowest BCUT2D eigenvalue weighted by Crippen LogP contribution is -2.49. The average molecular weight is 296 g/mol.